The molecular weight excluding hydrogens is 266 g/mol. The maximum atomic E-state index is 12.3. The Morgan fingerprint density at radius 3 is 2.76 bits per heavy atom. The number of benzene rings is 1. The standard InChI is InChI=1S/C16H23N3O2/c1-3-17-10-12-7-5-6-8-14(12)18-16(21)13-9-15(20)19(4-2)11-13/h5-8,13,17H,3-4,9-11H2,1-2H3,(H,18,21). The Kier molecular flexibility index (Phi) is 5.33. The maximum Gasteiger partial charge on any atom is 0.229 e. The number of nitrogens with one attached hydrogen (secondary N) is 2. The van der Waals surface area contributed by atoms with Gasteiger partial charge >= 0.3 is 0 Å². The van der Waals surface area contributed by atoms with E-state index < -0.39 is 0 Å². The van der Waals surface area contributed by atoms with Crippen LogP contribution in [0.15, 0.2) is 24.3 Å². The molecule has 1 atom stereocenters. The molecule has 21 heavy (non-hydrogen) atoms. The number of likely N-dealkylation sites (tertiary alicyclic amines) is 1. The van der Waals surface area contributed by atoms with E-state index in [1.54, 1.807) is 4.90 Å². The maximum absolute atomic E-state index is 12.3. The molecule has 5 nitrogen and oxygen atoms in total. The van der Waals surface area contributed by atoms with Gasteiger partial charge in [0.2, 0.25) is 11.8 Å². The Hall–Kier alpha value is -1.88. The van der Waals surface area contributed by atoms with Crippen molar-refractivity contribution in [3.05, 3.63) is 29.8 Å². The van der Waals surface area contributed by atoms with Crippen LogP contribution in [0.1, 0.15) is 25.8 Å². The lowest BCUT2D eigenvalue weighted by Gasteiger charge is -2.15. The molecule has 0 radical (unpaired) electrons. The molecule has 1 fully saturated rings. The first-order valence-electron chi connectivity index (χ1n) is 7.53. The minimum atomic E-state index is -0.246. The highest BCUT2D eigenvalue weighted by atomic mass is 16.2. The third kappa shape index (κ3) is 3.82. The minimum Gasteiger partial charge on any atom is -0.342 e. The molecule has 0 saturated carbocycles. The molecule has 1 saturated heterocycles. The van der Waals surface area contributed by atoms with Gasteiger partial charge in [-0.05, 0) is 25.1 Å². The van der Waals surface area contributed by atoms with Crippen LogP contribution >= 0.6 is 0 Å². The van der Waals surface area contributed by atoms with Gasteiger partial charge in [0.25, 0.3) is 0 Å². The molecule has 2 amide bonds. The summed E-state index contributed by atoms with van der Waals surface area (Å²) < 4.78 is 0. The van der Waals surface area contributed by atoms with E-state index in [2.05, 4.69) is 10.6 Å². The fraction of sp³-hybridized carbons (Fsp3) is 0.500. The Bertz CT molecular complexity index is 516. The fourth-order valence-electron chi connectivity index (χ4n) is 2.54. The quantitative estimate of drug-likeness (QED) is 0.836. The topological polar surface area (TPSA) is 61.4 Å². The second-order valence-corrected chi connectivity index (χ2v) is 5.26. The number of rotatable bonds is 6. The van der Waals surface area contributed by atoms with Crippen LogP contribution in [0.2, 0.25) is 0 Å². The average molecular weight is 289 g/mol. The number of carbonyl (C=O) groups excluding carboxylic acids is 2. The summed E-state index contributed by atoms with van der Waals surface area (Å²) in [5, 5.41) is 6.23. The van der Waals surface area contributed by atoms with Crippen LogP contribution in [0.25, 0.3) is 0 Å². The van der Waals surface area contributed by atoms with E-state index in [1.165, 1.54) is 0 Å². The van der Waals surface area contributed by atoms with Gasteiger partial charge in [0.15, 0.2) is 0 Å². The van der Waals surface area contributed by atoms with Gasteiger partial charge in [0, 0.05) is 31.7 Å². The molecule has 114 valence electrons. The Balaban J connectivity index is 2.01. The van der Waals surface area contributed by atoms with E-state index in [0.29, 0.717) is 19.5 Å². The van der Waals surface area contributed by atoms with E-state index >= 15 is 0 Å². The first-order valence-corrected chi connectivity index (χ1v) is 7.53. The number of anilines is 1. The molecule has 0 bridgehead atoms. The molecule has 1 aromatic carbocycles. The van der Waals surface area contributed by atoms with Gasteiger partial charge in [-0.15, -0.1) is 0 Å². The number of hydrogen-bond donors (Lipinski definition) is 2. The Morgan fingerprint density at radius 2 is 2.10 bits per heavy atom. The van der Waals surface area contributed by atoms with Crippen LogP contribution in [0.3, 0.4) is 0 Å². The van der Waals surface area contributed by atoms with Gasteiger partial charge in [0.05, 0.1) is 5.92 Å². The smallest absolute Gasteiger partial charge is 0.229 e. The highest BCUT2D eigenvalue weighted by Crippen LogP contribution is 2.21. The third-order valence-electron chi connectivity index (χ3n) is 3.81. The number of nitrogens with zero attached hydrogens (tertiary/aromatic N) is 1. The predicted octanol–water partition coefficient (Wildman–Crippen LogP) is 1.60. The van der Waals surface area contributed by atoms with E-state index in [1.807, 2.05) is 38.1 Å². The van der Waals surface area contributed by atoms with E-state index in [-0.39, 0.29) is 17.7 Å². The molecule has 0 aliphatic carbocycles. The van der Waals surface area contributed by atoms with Crippen molar-refractivity contribution in [2.24, 2.45) is 5.92 Å². The number of hydrogen-bond acceptors (Lipinski definition) is 3. The van der Waals surface area contributed by atoms with Crippen LogP contribution in [-0.4, -0.2) is 36.3 Å². The van der Waals surface area contributed by atoms with Crippen LogP contribution in [0, 0.1) is 5.92 Å². The average Bonchev–Trinajstić information content (AvgIpc) is 2.87. The monoisotopic (exact) mass is 289 g/mol. The summed E-state index contributed by atoms with van der Waals surface area (Å²) in [5.41, 5.74) is 1.88. The predicted molar refractivity (Wildman–Crippen MR) is 82.8 cm³/mol. The normalized spacial score (nSPS) is 18.1. The molecule has 1 aliphatic rings. The van der Waals surface area contributed by atoms with Crippen molar-refractivity contribution in [1.82, 2.24) is 10.2 Å². The molecule has 1 aromatic rings. The van der Waals surface area contributed by atoms with Gasteiger partial charge in [-0.2, -0.15) is 0 Å². The molecule has 1 aliphatic heterocycles. The van der Waals surface area contributed by atoms with Crippen molar-refractivity contribution in [2.45, 2.75) is 26.8 Å². The van der Waals surface area contributed by atoms with Crippen molar-refractivity contribution in [2.75, 3.05) is 25.0 Å². The number of para-hydroxylation sites is 1. The largest absolute Gasteiger partial charge is 0.342 e. The zero-order valence-corrected chi connectivity index (χ0v) is 12.7. The van der Waals surface area contributed by atoms with E-state index in [9.17, 15) is 9.59 Å². The van der Waals surface area contributed by atoms with Crippen molar-refractivity contribution in [3.63, 3.8) is 0 Å². The van der Waals surface area contributed by atoms with Crippen molar-refractivity contribution in [3.8, 4) is 0 Å². The Labute approximate surface area is 125 Å². The highest BCUT2D eigenvalue weighted by Gasteiger charge is 2.33. The van der Waals surface area contributed by atoms with Gasteiger partial charge in [-0.3, -0.25) is 9.59 Å². The third-order valence-corrected chi connectivity index (χ3v) is 3.81. The van der Waals surface area contributed by atoms with Crippen molar-refractivity contribution in [1.29, 1.82) is 0 Å². The number of carbonyl (C=O) groups is 2. The lowest BCUT2D eigenvalue weighted by atomic mass is 10.1. The van der Waals surface area contributed by atoms with Crippen LogP contribution in [0.5, 0.6) is 0 Å². The molecule has 0 spiro atoms. The summed E-state index contributed by atoms with van der Waals surface area (Å²) in [5.74, 6) is -0.244. The first-order chi connectivity index (χ1) is 10.2. The molecule has 2 rings (SSSR count). The summed E-state index contributed by atoms with van der Waals surface area (Å²) in [6.45, 7) is 6.77. The van der Waals surface area contributed by atoms with E-state index in [0.717, 1.165) is 24.3 Å². The SMILES string of the molecule is CCNCc1ccccc1NC(=O)C1CC(=O)N(CC)C1. The summed E-state index contributed by atoms with van der Waals surface area (Å²) >= 11 is 0. The van der Waals surface area contributed by atoms with Gasteiger partial charge < -0.3 is 15.5 Å². The van der Waals surface area contributed by atoms with Crippen molar-refractivity contribution >= 4 is 17.5 Å². The van der Waals surface area contributed by atoms with Crippen LogP contribution in [0.4, 0.5) is 5.69 Å². The molecule has 1 unspecified atom stereocenters. The van der Waals surface area contributed by atoms with Crippen molar-refractivity contribution < 1.29 is 9.59 Å². The zero-order chi connectivity index (χ0) is 15.2. The molecule has 0 aromatic heterocycles. The lowest BCUT2D eigenvalue weighted by molar-refractivity contribution is -0.128. The van der Waals surface area contributed by atoms with Crippen LogP contribution < -0.4 is 10.6 Å². The lowest BCUT2D eigenvalue weighted by Crippen LogP contribution is -2.28. The second kappa shape index (κ2) is 7.22. The molecular formula is C16H23N3O2. The first kappa shape index (κ1) is 15.5. The van der Waals surface area contributed by atoms with E-state index in [4.69, 9.17) is 0 Å². The second-order valence-electron chi connectivity index (χ2n) is 5.26. The highest BCUT2D eigenvalue weighted by molar-refractivity contribution is 5.97. The molecule has 2 N–H and O–H groups in total. The number of amides is 2. The summed E-state index contributed by atoms with van der Waals surface area (Å²) in [7, 11) is 0. The van der Waals surface area contributed by atoms with Gasteiger partial charge in [0.1, 0.15) is 0 Å². The fourth-order valence-corrected chi connectivity index (χ4v) is 2.54. The summed E-state index contributed by atoms with van der Waals surface area (Å²) in [4.78, 5) is 25.8. The Morgan fingerprint density at radius 1 is 1.33 bits per heavy atom. The summed E-state index contributed by atoms with van der Waals surface area (Å²) in [6.07, 6.45) is 0.315. The minimum absolute atomic E-state index is 0.0664. The summed E-state index contributed by atoms with van der Waals surface area (Å²) in [6, 6.07) is 7.76. The van der Waals surface area contributed by atoms with Gasteiger partial charge in [-0.1, -0.05) is 25.1 Å². The van der Waals surface area contributed by atoms with Gasteiger partial charge in [-0.25, -0.2) is 0 Å². The molecule has 1 heterocycles. The molecule has 5 heteroatoms. The van der Waals surface area contributed by atoms with Crippen LogP contribution in [-0.2, 0) is 16.1 Å². The zero-order valence-electron chi connectivity index (χ0n) is 12.7.